The van der Waals surface area contributed by atoms with Crippen LogP contribution in [0, 0.1) is 5.92 Å². The lowest BCUT2D eigenvalue weighted by Gasteiger charge is -2.17. The maximum absolute atomic E-state index is 12.0. The van der Waals surface area contributed by atoms with Gasteiger partial charge in [-0.1, -0.05) is 6.07 Å². The van der Waals surface area contributed by atoms with Crippen molar-refractivity contribution in [2.45, 2.75) is 13.0 Å². The zero-order valence-electron chi connectivity index (χ0n) is 10.4. The molecule has 1 saturated heterocycles. The summed E-state index contributed by atoms with van der Waals surface area (Å²) in [6, 6.07) is 5.91. The lowest BCUT2D eigenvalue weighted by atomic mass is 10.1. The van der Waals surface area contributed by atoms with Crippen molar-refractivity contribution >= 4 is 23.1 Å². The Hall–Kier alpha value is -1.66. The molecule has 3 heterocycles. The van der Waals surface area contributed by atoms with Crippen molar-refractivity contribution in [3.8, 4) is 0 Å². The van der Waals surface area contributed by atoms with Gasteiger partial charge in [-0.3, -0.25) is 9.69 Å². The predicted octanol–water partition coefficient (Wildman–Crippen LogP) is 1.34. The van der Waals surface area contributed by atoms with E-state index < -0.39 is 0 Å². The molecule has 3 rings (SSSR count). The Morgan fingerprint density at radius 2 is 2.37 bits per heavy atom. The summed E-state index contributed by atoms with van der Waals surface area (Å²) in [5.74, 6) is 0.916. The highest BCUT2D eigenvalue weighted by Crippen LogP contribution is 2.25. The van der Waals surface area contributed by atoms with Crippen LogP contribution in [-0.4, -0.2) is 33.9 Å². The molecule has 1 aliphatic heterocycles. The number of nitrogens with zero attached hydrogens (tertiary/aromatic N) is 3. The Kier molecular flexibility index (Phi) is 3.35. The van der Waals surface area contributed by atoms with Crippen molar-refractivity contribution in [3.63, 3.8) is 0 Å². The van der Waals surface area contributed by atoms with Crippen LogP contribution >= 0.6 is 11.3 Å². The van der Waals surface area contributed by atoms with Crippen molar-refractivity contribution in [1.82, 2.24) is 9.78 Å². The van der Waals surface area contributed by atoms with Crippen molar-refractivity contribution < 1.29 is 9.90 Å². The SMILES string of the molecule is O=C1CC(CO)CN1c1ccnn1Cc1cccs1. The van der Waals surface area contributed by atoms with Crippen LogP contribution in [0.2, 0.25) is 0 Å². The number of anilines is 1. The zero-order valence-corrected chi connectivity index (χ0v) is 11.2. The summed E-state index contributed by atoms with van der Waals surface area (Å²) in [5.41, 5.74) is 0. The summed E-state index contributed by atoms with van der Waals surface area (Å²) in [7, 11) is 0. The second-order valence-corrected chi connectivity index (χ2v) is 5.72. The molecule has 19 heavy (non-hydrogen) atoms. The summed E-state index contributed by atoms with van der Waals surface area (Å²) >= 11 is 1.67. The van der Waals surface area contributed by atoms with Crippen molar-refractivity contribution in [2.24, 2.45) is 5.92 Å². The molecule has 0 radical (unpaired) electrons. The highest BCUT2D eigenvalue weighted by atomic mass is 32.1. The molecule has 1 amide bonds. The maximum Gasteiger partial charge on any atom is 0.228 e. The van der Waals surface area contributed by atoms with E-state index in [1.807, 2.05) is 22.2 Å². The molecule has 2 aromatic rings. The summed E-state index contributed by atoms with van der Waals surface area (Å²) < 4.78 is 1.84. The lowest BCUT2D eigenvalue weighted by molar-refractivity contribution is -0.117. The first-order valence-corrected chi connectivity index (χ1v) is 7.11. The van der Waals surface area contributed by atoms with Crippen molar-refractivity contribution in [3.05, 3.63) is 34.7 Å². The third-order valence-electron chi connectivity index (χ3n) is 3.32. The van der Waals surface area contributed by atoms with Crippen LogP contribution in [0.1, 0.15) is 11.3 Å². The van der Waals surface area contributed by atoms with Crippen LogP contribution in [0.3, 0.4) is 0 Å². The Labute approximate surface area is 115 Å². The molecule has 1 unspecified atom stereocenters. The quantitative estimate of drug-likeness (QED) is 0.917. The number of amides is 1. The Balaban J connectivity index is 1.82. The van der Waals surface area contributed by atoms with Gasteiger partial charge in [-0.15, -0.1) is 11.3 Å². The van der Waals surface area contributed by atoms with Crippen LogP contribution in [0.15, 0.2) is 29.8 Å². The molecule has 0 spiro atoms. The first kappa shape index (κ1) is 12.4. The van der Waals surface area contributed by atoms with Crippen LogP contribution in [0.25, 0.3) is 0 Å². The number of carbonyl (C=O) groups is 1. The fourth-order valence-corrected chi connectivity index (χ4v) is 3.04. The molecule has 1 atom stereocenters. The summed E-state index contributed by atoms with van der Waals surface area (Å²) in [4.78, 5) is 14.9. The summed E-state index contributed by atoms with van der Waals surface area (Å²) in [6.07, 6.45) is 2.13. The van der Waals surface area contributed by atoms with Crippen molar-refractivity contribution in [1.29, 1.82) is 0 Å². The molecule has 0 aliphatic carbocycles. The number of hydrogen-bond acceptors (Lipinski definition) is 4. The molecule has 5 nitrogen and oxygen atoms in total. The van der Waals surface area contributed by atoms with Crippen LogP contribution in [0.5, 0.6) is 0 Å². The fourth-order valence-electron chi connectivity index (χ4n) is 2.35. The third kappa shape index (κ3) is 2.41. The average molecular weight is 277 g/mol. The molecule has 0 saturated carbocycles. The van der Waals surface area contributed by atoms with Crippen LogP contribution in [-0.2, 0) is 11.3 Å². The van der Waals surface area contributed by atoms with Gasteiger partial charge in [0.1, 0.15) is 5.82 Å². The van der Waals surface area contributed by atoms with Crippen LogP contribution in [0.4, 0.5) is 5.82 Å². The number of hydrogen-bond donors (Lipinski definition) is 1. The third-order valence-corrected chi connectivity index (χ3v) is 4.18. The van der Waals surface area contributed by atoms with E-state index in [-0.39, 0.29) is 18.4 Å². The first-order chi connectivity index (χ1) is 9.28. The molecule has 6 heteroatoms. The molecule has 0 bridgehead atoms. The Bertz CT molecular complexity index is 564. The standard InChI is InChI=1S/C13H15N3O2S/c17-9-10-6-13(18)15(7-10)12-3-4-14-16(12)8-11-2-1-5-19-11/h1-5,10,17H,6-9H2. The highest BCUT2D eigenvalue weighted by molar-refractivity contribution is 7.09. The number of aliphatic hydroxyl groups is 1. The van der Waals surface area contributed by atoms with E-state index in [2.05, 4.69) is 11.2 Å². The normalized spacial score (nSPS) is 19.3. The monoisotopic (exact) mass is 277 g/mol. The molecular weight excluding hydrogens is 262 g/mol. The fraction of sp³-hybridized carbons (Fsp3) is 0.385. The van der Waals surface area contributed by atoms with Gasteiger partial charge in [0.25, 0.3) is 0 Å². The van der Waals surface area contributed by atoms with Gasteiger partial charge >= 0.3 is 0 Å². The predicted molar refractivity (Wildman–Crippen MR) is 73.2 cm³/mol. The molecule has 1 aliphatic rings. The van der Waals surface area contributed by atoms with E-state index in [4.69, 9.17) is 0 Å². The largest absolute Gasteiger partial charge is 0.396 e. The molecule has 1 fully saturated rings. The number of aromatic nitrogens is 2. The van der Waals surface area contributed by atoms with Gasteiger partial charge < -0.3 is 5.11 Å². The van der Waals surface area contributed by atoms with Gasteiger partial charge in [-0.2, -0.15) is 5.10 Å². The Morgan fingerprint density at radius 3 is 3.05 bits per heavy atom. The van der Waals surface area contributed by atoms with E-state index >= 15 is 0 Å². The van der Waals surface area contributed by atoms with E-state index in [1.54, 1.807) is 22.4 Å². The minimum Gasteiger partial charge on any atom is -0.396 e. The van der Waals surface area contributed by atoms with E-state index in [0.717, 1.165) is 5.82 Å². The van der Waals surface area contributed by atoms with Gasteiger partial charge in [0.05, 0.1) is 12.7 Å². The van der Waals surface area contributed by atoms with Gasteiger partial charge in [0, 0.05) is 36.4 Å². The molecular formula is C13H15N3O2S. The number of thiophene rings is 1. The second kappa shape index (κ2) is 5.14. The second-order valence-electron chi connectivity index (χ2n) is 4.68. The molecule has 100 valence electrons. The molecule has 2 aromatic heterocycles. The van der Waals surface area contributed by atoms with Gasteiger partial charge in [0.2, 0.25) is 5.91 Å². The molecule has 0 aromatic carbocycles. The topological polar surface area (TPSA) is 58.4 Å². The van der Waals surface area contributed by atoms with Gasteiger partial charge in [0.15, 0.2) is 0 Å². The van der Waals surface area contributed by atoms with E-state index in [9.17, 15) is 9.90 Å². The van der Waals surface area contributed by atoms with Gasteiger partial charge in [-0.25, -0.2) is 4.68 Å². The van der Waals surface area contributed by atoms with Gasteiger partial charge in [-0.05, 0) is 11.4 Å². The lowest BCUT2D eigenvalue weighted by Crippen LogP contribution is -2.27. The highest BCUT2D eigenvalue weighted by Gasteiger charge is 2.31. The molecule has 1 N–H and O–H groups in total. The number of carbonyl (C=O) groups excluding carboxylic acids is 1. The average Bonchev–Trinajstić information content (AvgIpc) is 3.10. The van der Waals surface area contributed by atoms with E-state index in [0.29, 0.717) is 19.5 Å². The summed E-state index contributed by atoms with van der Waals surface area (Å²) in [6.45, 7) is 1.31. The maximum atomic E-state index is 12.0. The zero-order chi connectivity index (χ0) is 13.2. The minimum atomic E-state index is 0.0394. The number of aliphatic hydroxyl groups excluding tert-OH is 1. The first-order valence-electron chi connectivity index (χ1n) is 6.23. The van der Waals surface area contributed by atoms with Crippen molar-refractivity contribution in [2.75, 3.05) is 18.1 Å². The van der Waals surface area contributed by atoms with Crippen LogP contribution < -0.4 is 4.90 Å². The number of rotatable bonds is 4. The minimum absolute atomic E-state index is 0.0394. The Morgan fingerprint density at radius 1 is 1.47 bits per heavy atom. The smallest absolute Gasteiger partial charge is 0.228 e. The van der Waals surface area contributed by atoms with E-state index in [1.165, 1.54) is 4.88 Å². The summed E-state index contributed by atoms with van der Waals surface area (Å²) in [5, 5.41) is 15.5.